The second-order valence-electron chi connectivity index (χ2n) is 29.2. The Hall–Kier alpha value is -5.35. The van der Waals surface area contributed by atoms with Gasteiger partial charge in [-0.1, -0.05) is 77.9 Å². The van der Waals surface area contributed by atoms with Crippen molar-refractivity contribution in [2.75, 3.05) is 32.5 Å². The van der Waals surface area contributed by atoms with E-state index in [2.05, 4.69) is 5.32 Å². The number of anilines is 1. The van der Waals surface area contributed by atoms with E-state index in [1.54, 1.807) is 43.3 Å². The third-order valence-corrected chi connectivity index (χ3v) is 11.6. The summed E-state index contributed by atoms with van der Waals surface area (Å²) in [5.74, 6) is 0.742. The van der Waals surface area contributed by atoms with E-state index in [1.807, 2.05) is 215 Å². The molecule has 2 unspecified atom stereocenters. The van der Waals surface area contributed by atoms with E-state index in [9.17, 15) is 24.0 Å². The first-order chi connectivity index (χ1) is 37.0. The maximum absolute atomic E-state index is 12.2. The maximum Gasteiger partial charge on any atom is 0.415 e. The predicted octanol–water partition coefficient (Wildman–Crippen LogP) is 15.2. The predicted molar refractivity (Wildman–Crippen MR) is 330 cm³/mol. The SMILES string of the molecule is CC(C)(C)OC1CCCC1OC(=O)C(C)(C)C.CC(C)(C)OCc1ccc(NC(=O)C(C)(C)C)cc1.CC(C)(C)OCc1ccc(OC(=O)C(C)(C)C)cc1.CN(CCN(C)C(=O)C(C)(C)C)C(=O)Oc1ccc(COC(C)(C)C)cc1. The number of carbonyl (C=O) groups excluding carboxylic acids is 5. The van der Waals surface area contributed by atoms with Gasteiger partial charge in [0.1, 0.15) is 17.6 Å². The second kappa shape index (κ2) is 31.5. The molecule has 15 heteroatoms. The number of benzene rings is 3. The molecular weight excluding hydrogens is 1040 g/mol. The summed E-state index contributed by atoms with van der Waals surface area (Å²) < 4.78 is 39.3. The van der Waals surface area contributed by atoms with Crippen LogP contribution in [0.5, 0.6) is 11.5 Å². The Kier molecular flexibility index (Phi) is 28.7. The van der Waals surface area contributed by atoms with Crippen molar-refractivity contribution >= 4 is 35.5 Å². The molecule has 4 rings (SSSR count). The van der Waals surface area contributed by atoms with Crippen molar-refractivity contribution in [2.45, 2.75) is 240 Å². The van der Waals surface area contributed by atoms with Crippen LogP contribution in [0.1, 0.15) is 202 Å². The van der Waals surface area contributed by atoms with Gasteiger partial charge in [-0.25, -0.2) is 4.79 Å². The van der Waals surface area contributed by atoms with Crippen molar-refractivity contribution in [3.8, 4) is 11.5 Å². The van der Waals surface area contributed by atoms with Gasteiger partial charge < -0.3 is 48.3 Å². The first kappa shape index (κ1) is 74.7. The molecule has 1 saturated carbocycles. The van der Waals surface area contributed by atoms with E-state index in [0.29, 0.717) is 44.4 Å². The average Bonchev–Trinajstić information content (AvgIpc) is 3.75. The van der Waals surface area contributed by atoms with Crippen LogP contribution in [0.15, 0.2) is 72.8 Å². The molecule has 1 N–H and O–H groups in total. The van der Waals surface area contributed by atoms with Gasteiger partial charge in [0.15, 0.2) is 0 Å². The standard InChI is InChI=1S/C21H34N2O4.C16H25NO2.C16H24O3.C14H26O3/c1-20(2,3)18(24)22(7)13-14-23(8)19(25)27-17-11-9-16(10-12-17)15-26-21(4,5)6;1-15(2,3)14(18)17-13-9-7-12(8-10-13)11-19-16(4,5)6;1-15(2,3)14(17)19-13-9-7-12(8-10-13)11-18-16(4,5)6;1-13(2,3)12(15)16-10-8-7-9-11(10)17-14(4,5)6/h9-12H,13-15H2,1-8H3;7-10H,11H2,1-6H3,(H,17,18);7-10H,11H2,1-6H3;10-11H,7-9H2,1-6H3. The lowest BCUT2D eigenvalue weighted by Crippen LogP contribution is -2.42. The van der Waals surface area contributed by atoms with Gasteiger partial charge in [0, 0.05) is 43.7 Å². The van der Waals surface area contributed by atoms with E-state index in [1.165, 1.54) is 4.90 Å². The fraction of sp³-hybridized carbons (Fsp3) is 0.657. The van der Waals surface area contributed by atoms with Gasteiger partial charge in [0.05, 0.1) is 59.2 Å². The molecule has 0 heterocycles. The third-order valence-electron chi connectivity index (χ3n) is 11.6. The van der Waals surface area contributed by atoms with Crippen LogP contribution >= 0.6 is 0 Å². The maximum atomic E-state index is 12.2. The number of hydrogen-bond acceptors (Lipinski definition) is 12. The summed E-state index contributed by atoms with van der Waals surface area (Å²) in [6.45, 7) is 49.2. The molecule has 0 saturated heterocycles. The van der Waals surface area contributed by atoms with Crippen LogP contribution in [0, 0.1) is 21.7 Å². The average molecular weight is 1150 g/mol. The molecule has 3 aromatic rings. The summed E-state index contributed by atoms with van der Waals surface area (Å²) in [5.41, 5.74) is 1.57. The number of rotatable bonds is 14. The molecule has 1 fully saturated rings. The minimum absolute atomic E-state index is 0.0196. The summed E-state index contributed by atoms with van der Waals surface area (Å²) in [5, 5.41) is 2.90. The number of esters is 2. The number of amides is 3. The largest absolute Gasteiger partial charge is 0.459 e. The molecule has 15 nitrogen and oxygen atoms in total. The van der Waals surface area contributed by atoms with E-state index in [0.717, 1.165) is 41.6 Å². The van der Waals surface area contributed by atoms with Gasteiger partial charge in [0.25, 0.3) is 0 Å². The first-order valence-corrected chi connectivity index (χ1v) is 28.8. The lowest BCUT2D eigenvalue weighted by Gasteiger charge is -2.30. The Bertz CT molecular complexity index is 2330. The minimum atomic E-state index is -0.492. The fourth-order valence-electron chi connectivity index (χ4n) is 6.64. The first-order valence-electron chi connectivity index (χ1n) is 28.8. The minimum Gasteiger partial charge on any atom is -0.459 e. The van der Waals surface area contributed by atoms with Gasteiger partial charge in [0.2, 0.25) is 11.8 Å². The van der Waals surface area contributed by atoms with Gasteiger partial charge in [-0.15, -0.1) is 0 Å². The van der Waals surface area contributed by atoms with Crippen molar-refractivity contribution < 1.29 is 57.1 Å². The Morgan fingerprint density at radius 3 is 1.16 bits per heavy atom. The van der Waals surface area contributed by atoms with Crippen LogP contribution in [0.25, 0.3) is 0 Å². The van der Waals surface area contributed by atoms with Crippen LogP contribution in [0.2, 0.25) is 0 Å². The van der Waals surface area contributed by atoms with Gasteiger partial charge in [-0.3, -0.25) is 19.2 Å². The van der Waals surface area contributed by atoms with Crippen LogP contribution in [0.4, 0.5) is 10.5 Å². The summed E-state index contributed by atoms with van der Waals surface area (Å²) in [6.07, 6.45) is 2.51. The van der Waals surface area contributed by atoms with Crippen LogP contribution in [-0.2, 0) is 62.7 Å². The van der Waals surface area contributed by atoms with E-state index in [-0.39, 0.29) is 63.8 Å². The monoisotopic (exact) mass is 1150 g/mol. The molecule has 0 bridgehead atoms. The molecule has 0 aliphatic heterocycles. The lowest BCUT2D eigenvalue weighted by molar-refractivity contribution is -0.171. The zero-order valence-electron chi connectivity index (χ0n) is 55.5. The smallest absolute Gasteiger partial charge is 0.415 e. The quantitative estimate of drug-likeness (QED) is 0.120. The molecule has 3 aromatic carbocycles. The molecule has 0 aromatic heterocycles. The van der Waals surface area contributed by atoms with Crippen molar-refractivity contribution in [2.24, 2.45) is 21.7 Å². The number of nitrogens with one attached hydrogen (secondary N) is 1. The van der Waals surface area contributed by atoms with Crippen LogP contribution < -0.4 is 14.8 Å². The summed E-state index contributed by atoms with van der Waals surface area (Å²) in [4.78, 5) is 62.9. The van der Waals surface area contributed by atoms with Gasteiger partial charge in [-0.2, -0.15) is 0 Å². The molecule has 0 radical (unpaired) electrons. The van der Waals surface area contributed by atoms with Crippen LogP contribution in [-0.4, -0.2) is 101 Å². The lowest BCUT2D eigenvalue weighted by atomic mass is 9.95. The van der Waals surface area contributed by atoms with E-state index in [4.69, 9.17) is 33.2 Å². The van der Waals surface area contributed by atoms with Crippen LogP contribution in [0.3, 0.4) is 0 Å². The number of nitrogens with zero attached hydrogens (tertiary/aromatic N) is 2. The number of likely N-dealkylation sites (N-methyl/N-ethyl adjacent to an activating group) is 2. The topological polar surface area (TPSA) is 168 Å². The number of hydrogen-bond donors (Lipinski definition) is 1. The highest BCUT2D eigenvalue weighted by molar-refractivity contribution is 5.94. The normalized spacial score (nSPS) is 15.0. The Morgan fingerprint density at radius 1 is 0.439 bits per heavy atom. The highest BCUT2D eigenvalue weighted by atomic mass is 16.6. The van der Waals surface area contributed by atoms with E-state index >= 15 is 0 Å². The molecule has 464 valence electrons. The third kappa shape index (κ3) is 33.1. The summed E-state index contributed by atoms with van der Waals surface area (Å²) in [6, 6.07) is 22.5. The Morgan fingerprint density at radius 2 is 0.805 bits per heavy atom. The number of ether oxygens (including phenoxy) is 7. The molecular formula is C67H109N3O12. The fourth-order valence-corrected chi connectivity index (χ4v) is 6.64. The molecule has 1 aliphatic rings. The Balaban J connectivity index is 0.000000556. The van der Waals surface area contributed by atoms with Gasteiger partial charge >= 0.3 is 18.0 Å². The van der Waals surface area contributed by atoms with Gasteiger partial charge in [-0.05, 0) is 197 Å². The Labute approximate surface area is 495 Å². The number of carbonyl (C=O) groups is 5. The summed E-state index contributed by atoms with van der Waals surface area (Å²) in [7, 11) is 3.40. The van der Waals surface area contributed by atoms with E-state index < -0.39 is 22.3 Å². The molecule has 2 atom stereocenters. The zero-order chi connectivity index (χ0) is 63.5. The van der Waals surface area contributed by atoms with Crippen molar-refractivity contribution in [3.05, 3.63) is 89.5 Å². The zero-order valence-corrected chi connectivity index (χ0v) is 55.5. The van der Waals surface area contributed by atoms with Crippen molar-refractivity contribution in [1.29, 1.82) is 0 Å². The summed E-state index contributed by atoms with van der Waals surface area (Å²) >= 11 is 0. The molecule has 3 amide bonds. The van der Waals surface area contributed by atoms with Crippen molar-refractivity contribution in [3.63, 3.8) is 0 Å². The molecule has 1 aliphatic carbocycles. The molecule has 0 spiro atoms. The second-order valence-corrected chi connectivity index (χ2v) is 29.2. The molecule has 82 heavy (non-hydrogen) atoms. The highest BCUT2D eigenvalue weighted by Gasteiger charge is 2.37. The highest BCUT2D eigenvalue weighted by Crippen LogP contribution is 2.31. The van der Waals surface area contributed by atoms with Crippen molar-refractivity contribution in [1.82, 2.24) is 9.80 Å².